The predicted molar refractivity (Wildman–Crippen MR) is 115 cm³/mol. The largest absolute Gasteiger partial charge is 0.378 e. The van der Waals surface area contributed by atoms with E-state index in [1.165, 1.54) is 3.57 Å². The lowest BCUT2D eigenvalue weighted by Gasteiger charge is -2.27. The fraction of sp³-hybridized carbons (Fsp3) is 0.211. The van der Waals surface area contributed by atoms with Gasteiger partial charge in [-0.25, -0.2) is 0 Å². The Labute approximate surface area is 171 Å². The molecule has 0 amide bonds. The zero-order valence-corrected chi connectivity index (χ0v) is 16.8. The number of ether oxygens (including phenoxy) is 1. The van der Waals surface area contributed by atoms with Crippen LogP contribution in [0.4, 0.5) is 29.2 Å². The summed E-state index contributed by atoms with van der Waals surface area (Å²) in [6.45, 7) is 2.87. The van der Waals surface area contributed by atoms with Gasteiger partial charge in [0.05, 0.1) is 13.2 Å². The molecule has 0 unspecified atom stereocenters. The van der Waals surface area contributed by atoms with Crippen LogP contribution in [-0.4, -0.2) is 41.3 Å². The first-order chi connectivity index (χ1) is 13.3. The van der Waals surface area contributed by atoms with Gasteiger partial charge in [0.1, 0.15) is 0 Å². The number of aromatic nitrogens is 3. The molecule has 7 nitrogen and oxygen atoms in total. The van der Waals surface area contributed by atoms with Crippen LogP contribution in [0.5, 0.6) is 0 Å². The van der Waals surface area contributed by atoms with E-state index in [-0.39, 0.29) is 0 Å². The maximum absolute atomic E-state index is 5.44. The molecule has 1 aliphatic heterocycles. The summed E-state index contributed by atoms with van der Waals surface area (Å²) in [7, 11) is 0. The van der Waals surface area contributed by atoms with Gasteiger partial charge in [-0.3, -0.25) is 0 Å². The first-order valence-electron chi connectivity index (χ1n) is 8.70. The van der Waals surface area contributed by atoms with Crippen molar-refractivity contribution in [1.29, 1.82) is 0 Å². The highest BCUT2D eigenvalue weighted by Crippen LogP contribution is 2.21. The van der Waals surface area contributed by atoms with Gasteiger partial charge in [-0.2, -0.15) is 15.0 Å². The second-order valence-electron chi connectivity index (χ2n) is 6.00. The van der Waals surface area contributed by atoms with Crippen LogP contribution in [0.1, 0.15) is 0 Å². The summed E-state index contributed by atoms with van der Waals surface area (Å²) in [5, 5.41) is 6.53. The van der Waals surface area contributed by atoms with E-state index in [9.17, 15) is 0 Å². The minimum absolute atomic E-state index is 0.505. The van der Waals surface area contributed by atoms with E-state index in [0.29, 0.717) is 31.1 Å². The van der Waals surface area contributed by atoms with E-state index >= 15 is 0 Å². The molecule has 1 aromatic heterocycles. The molecular formula is C19H19IN6O. The number of nitrogens with zero attached hydrogens (tertiary/aromatic N) is 4. The summed E-state index contributed by atoms with van der Waals surface area (Å²) in [6, 6.07) is 17.9. The molecule has 0 aliphatic carbocycles. The fourth-order valence-electron chi connectivity index (χ4n) is 2.69. The van der Waals surface area contributed by atoms with Crippen molar-refractivity contribution in [1.82, 2.24) is 15.0 Å². The van der Waals surface area contributed by atoms with Gasteiger partial charge in [0.25, 0.3) is 0 Å². The van der Waals surface area contributed by atoms with Gasteiger partial charge < -0.3 is 20.3 Å². The number of para-hydroxylation sites is 1. The van der Waals surface area contributed by atoms with Crippen LogP contribution in [-0.2, 0) is 4.74 Å². The molecule has 0 atom stereocenters. The molecule has 27 heavy (non-hydrogen) atoms. The van der Waals surface area contributed by atoms with Crippen molar-refractivity contribution in [2.45, 2.75) is 0 Å². The second-order valence-corrected chi connectivity index (χ2v) is 7.25. The number of hydrogen-bond acceptors (Lipinski definition) is 7. The molecule has 0 saturated carbocycles. The Morgan fingerprint density at radius 1 is 0.778 bits per heavy atom. The molecule has 2 heterocycles. The van der Waals surface area contributed by atoms with E-state index in [1.807, 2.05) is 54.6 Å². The molecule has 0 bridgehead atoms. The summed E-state index contributed by atoms with van der Waals surface area (Å²) in [5.41, 5.74) is 1.86. The molecule has 2 N–H and O–H groups in total. The monoisotopic (exact) mass is 474 g/mol. The molecular weight excluding hydrogens is 455 g/mol. The maximum atomic E-state index is 5.44. The number of nitrogens with one attached hydrogen (secondary N) is 2. The fourth-order valence-corrected chi connectivity index (χ4v) is 3.05. The third-order valence-corrected chi connectivity index (χ3v) is 4.77. The van der Waals surface area contributed by atoms with Gasteiger partial charge >= 0.3 is 0 Å². The number of anilines is 5. The zero-order chi connectivity index (χ0) is 18.5. The lowest BCUT2D eigenvalue weighted by molar-refractivity contribution is 0.122. The van der Waals surface area contributed by atoms with Crippen LogP contribution in [0.3, 0.4) is 0 Å². The smallest absolute Gasteiger partial charge is 0.233 e. The summed E-state index contributed by atoms with van der Waals surface area (Å²) in [6.07, 6.45) is 0. The summed E-state index contributed by atoms with van der Waals surface area (Å²) in [4.78, 5) is 15.9. The second kappa shape index (κ2) is 8.49. The highest BCUT2D eigenvalue weighted by atomic mass is 127. The van der Waals surface area contributed by atoms with E-state index in [1.54, 1.807) is 0 Å². The molecule has 1 saturated heterocycles. The number of morpholine rings is 1. The average molecular weight is 474 g/mol. The Hall–Kier alpha value is -2.46. The Bertz CT molecular complexity index is 884. The Balaban J connectivity index is 1.63. The maximum Gasteiger partial charge on any atom is 0.233 e. The highest BCUT2D eigenvalue weighted by molar-refractivity contribution is 14.1. The Kier molecular flexibility index (Phi) is 5.64. The number of benzene rings is 2. The van der Waals surface area contributed by atoms with Crippen LogP contribution < -0.4 is 15.5 Å². The summed E-state index contributed by atoms with van der Waals surface area (Å²) in [5.74, 6) is 1.65. The van der Waals surface area contributed by atoms with Gasteiger partial charge in [0, 0.05) is 28.0 Å². The minimum atomic E-state index is 0.505. The quantitative estimate of drug-likeness (QED) is 0.545. The molecule has 4 rings (SSSR count). The molecule has 0 spiro atoms. The van der Waals surface area contributed by atoms with Crippen molar-refractivity contribution in [3.63, 3.8) is 0 Å². The van der Waals surface area contributed by atoms with E-state index in [2.05, 4.69) is 53.1 Å². The van der Waals surface area contributed by atoms with Crippen LogP contribution in [0, 0.1) is 3.57 Å². The molecule has 2 aromatic carbocycles. The van der Waals surface area contributed by atoms with Crippen molar-refractivity contribution < 1.29 is 4.74 Å². The number of hydrogen-bond donors (Lipinski definition) is 2. The SMILES string of the molecule is Ic1ccc(Nc2nc(Nc3ccccc3)nc(N3CCOCC3)n2)cc1. The van der Waals surface area contributed by atoms with Crippen molar-refractivity contribution >= 4 is 51.8 Å². The first-order valence-corrected chi connectivity index (χ1v) is 9.77. The van der Waals surface area contributed by atoms with Gasteiger partial charge in [0.2, 0.25) is 17.8 Å². The van der Waals surface area contributed by atoms with Crippen molar-refractivity contribution in [3.8, 4) is 0 Å². The number of rotatable bonds is 5. The molecule has 8 heteroatoms. The third-order valence-electron chi connectivity index (χ3n) is 4.05. The summed E-state index contributed by atoms with van der Waals surface area (Å²) >= 11 is 2.28. The highest BCUT2D eigenvalue weighted by Gasteiger charge is 2.17. The van der Waals surface area contributed by atoms with Gasteiger partial charge in [-0.05, 0) is 59.0 Å². The van der Waals surface area contributed by atoms with E-state index < -0.39 is 0 Å². The van der Waals surface area contributed by atoms with Crippen LogP contribution in [0.15, 0.2) is 54.6 Å². The molecule has 138 valence electrons. The Morgan fingerprint density at radius 2 is 1.37 bits per heavy atom. The van der Waals surface area contributed by atoms with Gasteiger partial charge in [-0.1, -0.05) is 18.2 Å². The minimum Gasteiger partial charge on any atom is -0.378 e. The number of halogens is 1. The van der Waals surface area contributed by atoms with E-state index in [4.69, 9.17) is 4.74 Å². The van der Waals surface area contributed by atoms with Crippen molar-refractivity contribution in [2.75, 3.05) is 41.8 Å². The third kappa shape index (κ3) is 4.83. The average Bonchev–Trinajstić information content (AvgIpc) is 2.71. The van der Waals surface area contributed by atoms with Gasteiger partial charge in [-0.15, -0.1) is 0 Å². The summed E-state index contributed by atoms with van der Waals surface area (Å²) < 4.78 is 6.61. The van der Waals surface area contributed by atoms with Gasteiger partial charge in [0.15, 0.2) is 0 Å². The van der Waals surface area contributed by atoms with Crippen LogP contribution >= 0.6 is 22.6 Å². The zero-order valence-electron chi connectivity index (χ0n) is 14.6. The van der Waals surface area contributed by atoms with Crippen molar-refractivity contribution in [2.24, 2.45) is 0 Å². The molecule has 1 fully saturated rings. The topological polar surface area (TPSA) is 75.2 Å². The molecule has 1 aliphatic rings. The normalized spacial score (nSPS) is 14.0. The van der Waals surface area contributed by atoms with Crippen LogP contribution in [0.2, 0.25) is 0 Å². The standard InChI is InChI=1S/C19H19IN6O/c20-14-6-8-16(9-7-14)22-18-23-17(21-15-4-2-1-3-5-15)24-19(25-18)26-10-12-27-13-11-26/h1-9H,10-13H2,(H2,21,22,23,24,25). The Morgan fingerprint density at radius 3 is 2.00 bits per heavy atom. The molecule has 3 aromatic rings. The van der Waals surface area contributed by atoms with E-state index in [0.717, 1.165) is 24.5 Å². The lowest BCUT2D eigenvalue weighted by atomic mass is 10.3. The van der Waals surface area contributed by atoms with Crippen molar-refractivity contribution in [3.05, 3.63) is 58.2 Å². The lowest BCUT2D eigenvalue weighted by Crippen LogP contribution is -2.37. The first kappa shape index (κ1) is 17.9. The predicted octanol–water partition coefficient (Wildman–Crippen LogP) is 3.80. The molecule has 0 radical (unpaired) electrons. The van der Waals surface area contributed by atoms with Crippen LogP contribution in [0.25, 0.3) is 0 Å².